The van der Waals surface area contributed by atoms with Crippen LogP contribution in [0.4, 0.5) is 30.5 Å². The van der Waals surface area contributed by atoms with E-state index in [9.17, 15) is 22.8 Å². The molecule has 2 amide bonds. The van der Waals surface area contributed by atoms with Crippen molar-refractivity contribution in [3.63, 3.8) is 0 Å². The van der Waals surface area contributed by atoms with E-state index in [-0.39, 0.29) is 11.6 Å². The first-order valence-electron chi connectivity index (χ1n) is 11.4. The number of primary amides is 1. The number of anilines is 3. The Labute approximate surface area is 211 Å². The predicted octanol–water partition coefficient (Wildman–Crippen LogP) is 0.862. The molecule has 5 atom stereocenters. The molecule has 2 aromatic rings. The fourth-order valence-electron chi connectivity index (χ4n) is 4.89. The minimum atomic E-state index is -4.51. The van der Waals surface area contributed by atoms with Crippen molar-refractivity contribution in [3.05, 3.63) is 30.1 Å². The van der Waals surface area contributed by atoms with Gasteiger partial charge in [-0.25, -0.2) is 9.97 Å². The zero-order valence-electron chi connectivity index (χ0n) is 19.3. The Balaban J connectivity index is 1.57. The van der Waals surface area contributed by atoms with Gasteiger partial charge in [-0.15, -0.1) is 9.24 Å². The smallest absolute Gasteiger partial charge is 0.383 e. The van der Waals surface area contributed by atoms with Gasteiger partial charge in [-0.1, -0.05) is 9.24 Å². The summed E-state index contributed by atoms with van der Waals surface area (Å²) in [6.07, 6.45) is -1.66. The van der Waals surface area contributed by atoms with Crippen LogP contribution in [-0.2, 0) is 15.8 Å². The third kappa shape index (κ3) is 5.49. The van der Waals surface area contributed by atoms with E-state index in [0.717, 1.165) is 12.1 Å². The summed E-state index contributed by atoms with van der Waals surface area (Å²) < 4.78 is 39.8. The maximum absolute atomic E-state index is 13.5. The van der Waals surface area contributed by atoms with Crippen LogP contribution in [0.2, 0.25) is 0 Å². The van der Waals surface area contributed by atoms with Gasteiger partial charge in [-0.05, 0) is 42.8 Å². The van der Waals surface area contributed by atoms with E-state index in [0.29, 0.717) is 61.1 Å². The second kappa shape index (κ2) is 10.3. The summed E-state index contributed by atoms with van der Waals surface area (Å²) >= 11 is 0. The summed E-state index contributed by atoms with van der Waals surface area (Å²) in [5.41, 5.74) is 11.0. The number of rotatable bonds is 5. The molecule has 2 saturated heterocycles. The van der Waals surface area contributed by atoms with Crippen LogP contribution < -0.4 is 32.3 Å². The number of hydrogen-bond acceptors (Lipinski definition) is 7. The van der Waals surface area contributed by atoms with Gasteiger partial charge in [-0.3, -0.25) is 9.59 Å². The van der Waals surface area contributed by atoms with Crippen molar-refractivity contribution in [1.82, 2.24) is 14.9 Å². The molecule has 9 nitrogen and oxygen atoms in total. The largest absolute Gasteiger partial charge is 0.416 e. The number of nitrogens with one attached hydrogen (secondary N) is 1. The summed E-state index contributed by atoms with van der Waals surface area (Å²) in [6.45, 7) is 1.21. The first-order chi connectivity index (χ1) is 17.0. The van der Waals surface area contributed by atoms with Crippen molar-refractivity contribution in [1.29, 1.82) is 0 Å². The molecule has 0 radical (unpaired) electrons. The molecule has 2 aliphatic heterocycles. The molecule has 3 unspecified atom stereocenters. The average molecular weight is 541 g/mol. The number of carbonyl (C=O) groups is 2. The Morgan fingerprint density at radius 1 is 1.14 bits per heavy atom. The van der Waals surface area contributed by atoms with Crippen molar-refractivity contribution in [2.24, 2.45) is 11.7 Å². The second-order valence-electron chi connectivity index (χ2n) is 9.02. The number of amides is 2. The third-order valence-corrected chi connectivity index (χ3v) is 7.52. The molecule has 1 aromatic carbocycles. The molecule has 14 heteroatoms. The highest BCUT2D eigenvalue weighted by molar-refractivity contribution is 7.28. The van der Waals surface area contributed by atoms with E-state index in [2.05, 4.69) is 33.8 Å². The number of alkyl halides is 3. The second-order valence-corrected chi connectivity index (χ2v) is 10.3. The van der Waals surface area contributed by atoms with Crippen molar-refractivity contribution in [2.45, 2.75) is 37.5 Å². The highest BCUT2D eigenvalue weighted by Gasteiger charge is 2.42. The number of nitrogen functional groups attached to an aromatic ring is 1. The minimum absolute atomic E-state index is 0.204. The number of benzene rings is 1. The van der Waals surface area contributed by atoms with E-state index in [1.54, 1.807) is 11.0 Å². The molecule has 0 aliphatic carbocycles. The molecular formula is C22H28F3N7O2P2. The van der Waals surface area contributed by atoms with Crippen LogP contribution in [0.5, 0.6) is 0 Å². The molecule has 2 fully saturated rings. The van der Waals surface area contributed by atoms with Gasteiger partial charge in [0.2, 0.25) is 11.8 Å². The van der Waals surface area contributed by atoms with Gasteiger partial charge in [0.05, 0.1) is 22.8 Å². The summed E-state index contributed by atoms with van der Waals surface area (Å²) in [5.74, 6) is -0.442. The number of carbonyl (C=O) groups excluding carboxylic acids is 2. The van der Waals surface area contributed by atoms with Crippen LogP contribution in [0, 0.1) is 5.92 Å². The lowest BCUT2D eigenvalue weighted by molar-refractivity contribution is -0.140. The number of likely N-dealkylation sites (tertiary alicyclic amines) is 1. The molecule has 0 saturated carbocycles. The van der Waals surface area contributed by atoms with Crippen LogP contribution in [0.3, 0.4) is 0 Å². The number of piperidine rings is 2. The average Bonchev–Trinajstić information content (AvgIpc) is 2.81. The zero-order chi connectivity index (χ0) is 26.2. The van der Waals surface area contributed by atoms with Crippen LogP contribution in [0.15, 0.2) is 24.5 Å². The molecule has 0 spiro atoms. The van der Waals surface area contributed by atoms with Crippen molar-refractivity contribution in [3.8, 4) is 0 Å². The lowest BCUT2D eigenvalue weighted by Crippen LogP contribution is -2.61. The topological polar surface area (TPSA) is 130 Å². The number of halogens is 3. The lowest BCUT2D eigenvalue weighted by atomic mass is 9.87. The first-order valence-corrected chi connectivity index (χ1v) is 12.6. The van der Waals surface area contributed by atoms with Crippen LogP contribution in [0.25, 0.3) is 0 Å². The fraction of sp³-hybridized carbons (Fsp3) is 0.455. The Morgan fingerprint density at radius 2 is 1.89 bits per heavy atom. The summed E-state index contributed by atoms with van der Waals surface area (Å²) in [6, 6.07) is 2.31. The van der Waals surface area contributed by atoms with Crippen LogP contribution in [-0.4, -0.2) is 58.4 Å². The first kappa shape index (κ1) is 26.4. The fourth-order valence-corrected chi connectivity index (χ4v) is 5.58. The molecular weight excluding hydrogens is 513 g/mol. The maximum atomic E-state index is 13.5. The number of aromatic nitrogens is 2. The predicted molar refractivity (Wildman–Crippen MR) is 138 cm³/mol. The number of nitrogens with two attached hydrogens (primary N) is 2. The molecule has 36 heavy (non-hydrogen) atoms. The van der Waals surface area contributed by atoms with E-state index in [1.165, 1.54) is 6.33 Å². The number of hydrogen-bond donors (Lipinski definition) is 3. The van der Waals surface area contributed by atoms with Gasteiger partial charge >= 0.3 is 6.18 Å². The van der Waals surface area contributed by atoms with E-state index >= 15 is 0 Å². The zero-order valence-corrected chi connectivity index (χ0v) is 21.6. The SMILES string of the molecule is NC(=O)[C@H]1CCN(c2ncnc(N)c2P)C[C@@H]1N1CCCC(Nc2cc(P)cc(C(F)(F)F)c2)C1=O. The van der Waals surface area contributed by atoms with E-state index in [4.69, 9.17) is 11.5 Å². The quantitative estimate of drug-likeness (QED) is 0.479. The minimum Gasteiger partial charge on any atom is -0.383 e. The molecule has 1 aromatic heterocycles. The molecule has 5 N–H and O–H groups in total. The standard InChI is InChI=1S/C22H28F3N7O2P2/c23-22(24,25)11-6-12(8-13(35)7-11)30-15-2-1-4-32(21(15)34)16-9-31(5-3-14(16)19(27)33)20-17(36)18(26)28-10-29-20/h6-8,10,14-16,30H,1-5,9,35-36H2,(H2,27,33)(H2,26,28,29)/t14-,15?,16-/m0/s1. The third-order valence-electron chi connectivity index (χ3n) is 6.64. The van der Waals surface area contributed by atoms with Crippen molar-refractivity contribution in [2.75, 3.05) is 35.6 Å². The van der Waals surface area contributed by atoms with Gasteiger partial charge < -0.3 is 26.6 Å². The van der Waals surface area contributed by atoms with Gasteiger partial charge in [0.15, 0.2) is 0 Å². The maximum Gasteiger partial charge on any atom is 0.416 e. The molecule has 0 bridgehead atoms. The summed E-state index contributed by atoms with van der Waals surface area (Å²) in [7, 11) is 4.77. The van der Waals surface area contributed by atoms with Gasteiger partial charge in [-0.2, -0.15) is 13.2 Å². The van der Waals surface area contributed by atoms with Gasteiger partial charge in [0, 0.05) is 25.3 Å². The molecule has 2 aliphatic rings. The lowest BCUT2D eigenvalue weighted by Gasteiger charge is -2.46. The molecule has 4 rings (SSSR count). The van der Waals surface area contributed by atoms with Gasteiger partial charge in [0.1, 0.15) is 24.0 Å². The number of nitrogens with zero attached hydrogens (tertiary/aromatic N) is 4. The Bertz CT molecular complexity index is 1170. The van der Waals surface area contributed by atoms with E-state index in [1.807, 2.05) is 4.90 Å². The Morgan fingerprint density at radius 3 is 2.58 bits per heavy atom. The van der Waals surface area contributed by atoms with Gasteiger partial charge in [0.25, 0.3) is 0 Å². The highest BCUT2D eigenvalue weighted by atomic mass is 31.0. The van der Waals surface area contributed by atoms with Crippen LogP contribution in [0.1, 0.15) is 24.8 Å². The highest BCUT2D eigenvalue weighted by Crippen LogP contribution is 2.32. The Kier molecular flexibility index (Phi) is 7.57. The van der Waals surface area contributed by atoms with Crippen LogP contribution >= 0.6 is 18.5 Å². The normalized spacial score (nSPS) is 23.0. The van der Waals surface area contributed by atoms with Crippen molar-refractivity contribution < 1.29 is 22.8 Å². The monoisotopic (exact) mass is 541 g/mol. The Hall–Kier alpha value is -2.71. The summed E-state index contributed by atoms with van der Waals surface area (Å²) in [5, 5.41) is 3.95. The molecule has 194 valence electrons. The van der Waals surface area contributed by atoms with E-state index < -0.39 is 35.6 Å². The van der Waals surface area contributed by atoms with Crippen molar-refractivity contribution >= 4 is 58.2 Å². The summed E-state index contributed by atoms with van der Waals surface area (Å²) in [4.78, 5) is 37.7. The molecule has 3 heterocycles.